The molecule has 150 valence electrons. The standard InChI is InChI=1S/C22H23N3O4/c1-13-4-5-15(10-14(13)2)25-12-22-8-6-17(28-22)18(19(22)21(25)27)20(26)24(3)11-16-7-9-23-29-16/h4-10,17-19H,11-12H2,1-3H3/t17-,18+,19+,22-/m0/s1. The third-order valence-electron chi connectivity index (χ3n) is 6.45. The lowest BCUT2D eigenvalue weighted by Gasteiger charge is -2.27. The monoisotopic (exact) mass is 393 g/mol. The minimum atomic E-state index is -0.728. The molecule has 0 radical (unpaired) electrons. The van der Waals surface area contributed by atoms with Crippen LogP contribution in [0.25, 0.3) is 0 Å². The lowest BCUT2D eigenvalue weighted by Crippen LogP contribution is -2.44. The van der Waals surface area contributed by atoms with Gasteiger partial charge in [-0.2, -0.15) is 0 Å². The summed E-state index contributed by atoms with van der Waals surface area (Å²) in [4.78, 5) is 30.1. The smallest absolute Gasteiger partial charge is 0.234 e. The molecule has 4 atom stereocenters. The first-order chi connectivity index (χ1) is 13.9. The normalized spacial score (nSPS) is 29.6. The van der Waals surface area contributed by atoms with E-state index >= 15 is 0 Å². The number of anilines is 1. The number of amides is 2. The van der Waals surface area contributed by atoms with Gasteiger partial charge in [0, 0.05) is 18.8 Å². The van der Waals surface area contributed by atoms with Crippen molar-refractivity contribution in [1.29, 1.82) is 0 Å². The highest BCUT2D eigenvalue weighted by atomic mass is 16.5. The number of nitrogens with zero attached hydrogens (tertiary/aromatic N) is 3. The number of hydrogen-bond acceptors (Lipinski definition) is 5. The number of hydrogen-bond donors (Lipinski definition) is 0. The molecule has 7 heteroatoms. The molecule has 1 aromatic carbocycles. The molecule has 0 saturated carbocycles. The number of rotatable bonds is 4. The molecule has 2 saturated heterocycles. The maximum atomic E-state index is 13.4. The zero-order valence-corrected chi connectivity index (χ0v) is 16.7. The van der Waals surface area contributed by atoms with Gasteiger partial charge in [0.25, 0.3) is 0 Å². The van der Waals surface area contributed by atoms with Crippen LogP contribution in [-0.4, -0.2) is 47.2 Å². The third-order valence-corrected chi connectivity index (χ3v) is 6.45. The molecular weight excluding hydrogens is 370 g/mol. The predicted molar refractivity (Wildman–Crippen MR) is 105 cm³/mol. The van der Waals surface area contributed by atoms with E-state index in [0.717, 1.165) is 11.3 Å². The molecule has 2 amide bonds. The van der Waals surface area contributed by atoms with E-state index in [9.17, 15) is 9.59 Å². The van der Waals surface area contributed by atoms with Gasteiger partial charge in [-0.15, -0.1) is 0 Å². The number of fused-ring (bicyclic) bond motifs is 1. The summed E-state index contributed by atoms with van der Waals surface area (Å²) in [6, 6.07) is 7.73. The summed E-state index contributed by atoms with van der Waals surface area (Å²) in [5.74, 6) is -0.602. The highest BCUT2D eigenvalue weighted by molar-refractivity contribution is 6.03. The van der Waals surface area contributed by atoms with Crippen molar-refractivity contribution in [2.24, 2.45) is 11.8 Å². The van der Waals surface area contributed by atoms with Gasteiger partial charge in [-0.3, -0.25) is 9.59 Å². The summed E-state index contributed by atoms with van der Waals surface area (Å²) in [5.41, 5.74) is 2.43. The van der Waals surface area contributed by atoms with E-state index < -0.39 is 17.4 Å². The maximum Gasteiger partial charge on any atom is 0.234 e. The Bertz CT molecular complexity index is 1020. The number of carbonyl (C=O) groups excluding carboxylic acids is 2. The number of benzene rings is 1. The molecule has 2 aromatic rings. The first kappa shape index (κ1) is 18.1. The van der Waals surface area contributed by atoms with E-state index in [1.165, 1.54) is 5.56 Å². The maximum absolute atomic E-state index is 13.4. The lowest BCUT2D eigenvalue weighted by atomic mass is 9.76. The molecule has 1 aromatic heterocycles. The number of carbonyl (C=O) groups is 2. The van der Waals surface area contributed by atoms with Gasteiger partial charge in [0.15, 0.2) is 5.76 Å². The van der Waals surface area contributed by atoms with Gasteiger partial charge >= 0.3 is 0 Å². The van der Waals surface area contributed by atoms with Crippen molar-refractivity contribution in [1.82, 2.24) is 10.1 Å². The fourth-order valence-corrected chi connectivity index (χ4v) is 4.78. The fourth-order valence-electron chi connectivity index (χ4n) is 4.78. The van der Waals surface area contributed by atoms with E-state index in [2.05, 4.69) is 5.16 Å². The van der Waals surface area contributed by atoms with Gasteiger partial charge in [-0.05, 0) is 37.1 Å². The van der Waals surface area contributed by atoms with Crippen LogP contribution in [0.5, 0.6) is 0 Å². The molecule has 7 nitrogen and oxygen atoms in total. The predicted octanol–water partition coefficient (Wildman–Crippen LogP) is 2.24. The van der Waals surface area contributed by atoms with Crippen LogP contribution in [0.15, 0.2) is 47.1 Å². The SMILES string of the molecule is Cc1ccc(N2C[C@]34C=C[C@H](O3)[C@@H](C(=O)N(C)Cc3ccno3)[C@@H]4C2=O)cc1C. The first-order valence-corrected chi connectivity index (χ1v) is 9.80. The number of aromatic nitrogens is 1. The fraction of sp³-hybridized carbons (Fsp3) is 0.409. The first-order valence-electron chi connectivity index (χ1n) is 9.80. The molecule has 3 aliphatic rings. The van der Waals surface area contributed by atoms with Crippen LogP contribution in [0.2, 0.25) is 0 Å². The van der Waals surface area contributed by atoms with Crippen LogP contribution >= 0.6 is 0 Å². The summed E-state index contributed by atoms with van der Waals surface area (Å²) in [5, 5.41) is 3.68. The van der Waals surface area contributed by atoms with Crippen LogP contribution in [0.4, 0.5) is 5.69 Å². The highest BCUT2D eigenvalue weighted by Gasteiger charge is 2.67. The minimum Gasteiger partial charge on any atom is -0.360 e. The Kier molecular flexibility index (Phi) is 3.93. The van der Waals surface area contributed by atoms with Gasteiger partial charge in [0.1, 0.15) is 5.60 Å². The summed E-state index contributed by atoms with van der Waals surface area (Å²) < 4.78 is 11.3. The molecule has 29 heavy (non-hydrogen) atoms. The Balaban J connectivity index is 1.43. The molecule has 1 spiro atoms. The largest absolute Gasteiger partial charge is 0.360 e. The Labute approximate surface area is 168 Å². The number of ether oxygens (including phenoxy) is 1. The van der Waals surface area contributed by atoms with Gasteiger partial charge in [0.05, 0.1) is 37.2 Å². The van der Waals surface area contributed by atoms with Crippen molar-refractivity contribution in [3.63, 3.8) is 0 Å². The van der Waals surface area contributed by atoms with Crippen molar-refractivity contribution >= 4 is 17.5 Å². The topological polar surface area (TPSA) is 75.9 Å². The summed E-state index contributed by atoms with van der Waals surface area (Å²) >= 11 is 0. The van der Waals surface area contributed by atoms with E-state index in [-0.39, 0.29) is 17.9 Å². The lowest BCUT2D eigenvalue weighted by molar-refractivity contribution is -0.139. The van der Waals surface area contributed by atoms with Gasteiger partial charge in [0.2, 0.25) is 11.8 Å². The molecule has 4 heterocycles. The van der Waals surface area contributed by atoms with Crippen LogP contribution in [-0.2, 0) is 20.9 Å². The molecular formula is C22H23N3O4. The molecule has 5 rings (SSSR count). The van der Waals surface area contributed by atoms with Crippen LogP contribution in [0, 0.1) is 25.7 Å². The average Bonchev–Trinajstić information content (AvgIpc) is 3.46. The minimum absolute atomic E-state index is 0.0495. The Morgan fingerprint density at radius 2 is 2.14 bits per heavy atom. The van der Waals surface area contributed by atoms with E-state index in [1.807, 2.05) is 44.2 Å². The molecule has 3 aliphatic heterocycles. The van der Waals surface area contributed by atoms with Gasteiger partial charge in [-0.25, -0.2) is 0 Å². The van der Waals surface area contributed by atoms with E-state index in [1.54, 1.807) is 29.1 Å². The van der Waals surface area contributed by atoms with Crippen LogP contribution < -0.4 is 4.90 Å². The van der Waals surface area contributed by atoms with E-state index in [0.29, 0.717) is 18.8 Å². The Morgan fingerprint density at radius 1 is 1.31 bits per heavy atom. The van der Waals surface area contributed by atoms with Gasteiger partial charge < -0.3 is 19.1 Å². The Morgan fingerprint density at radius 3 is 2.86 bits per heavy atom. The van der Waals surface area contributed by atoms with E-state index in [4.69, 9.17) is 9.26 Å². The van der Waals surface area contributed by atoms with Crippen molar-refractivity contribution in [2.45, 2.75) is 32.1 Å². The average molecular weight is 393 g/mol. The van der Waals surface area contributed by atoms with Crippen molar-refractivity contribution in [3.05, 3.63) is 59.5 Å². The molecule has 2 bridgehead atoms. The van der Waals surface area contributed by atoms with Crippen molar-refractivity contribution < 1.29 is 18.8 Å². The zero-order valence-electron chi connectivity index (χ0n) is 16.7. The van der Waals surface area contributed by atoms with Crippen LogP contribution in [0.3, 0.4) is 0 Å². The molecule has 2 fully saturated rings. The van der Waals surface area contributed by atoms with Crippen molar-refractivity contribution in [2.75, 3.05) is 18.5 Å². The summed E-state index contributed by atoms with van der Waals surface area (Å²) in [6.07, 6.45) is 5.09. The second-order valence-corrected chi connectivity index (χ2v) is 8.27. The molecule has 0 aliphatic carbocycles. The summed E-state index contributed by atoms with van der Waals surface area (Å²) in [6.45, 7) is 4.82. The second-order valence-electron chi connectivity index (χ2n) is 8.27. The molecule has 0 unspecified atom stereocenters. The third kappa shape index (κ3) is 2.64. The van der Waals surface area contributed by atoms with Crippen molar-refractivity contribution in [3.8, 4) is 0 Å². The highest BCUT2D eigenvalue weighted by Crippen LogP contribution is 2.53. The second kappa shape index (κ2) is 6.29. The number of aryl methyl sites for hydroxylation is 2. The van der Waals surface area contributed by atoms with Crippen LogP contribution in [0.1, 0.15) is 16.9 Å². The Hall–Kier alpha value is -2.93. The van der Waals surface area contributed by atoms with Gasteiger partial charge in [-0.1, -0.05) is 23.4 Å². The zero-order chi connectivity index (χ0) is 20.3. The molecule has 0 N–H and O–H groups in total. The quantitative estimate of drug-likeness (QED) is 0.745. The summed E-state index contributed by atoms with van der Waals surface area (Å²) in [7, 11) is 1.72.